The molecule has 0 aromatic heterocycles. The zero-order valence-electron chi connectivity index (χ0n) is 6.55. The molecule has 0 spiro atoms. The molecule has 5 nitrogen and oxygen atoms in total. The summed E-state index contributed by atoms with van der Waals surface area (Å²) in [4.78, 5) is 20.3. The van der Waals surface area contributed by atoms with E-state index in [1.807, 2.05) is 0 Å². The molecule has 68 valence electrons. The number of hydrogen-bond donors (Lipinski definition) is 1. The maximum Gasteiger partial charge on any atom is 0.247 e. The minimum Gasteiger partial charge on any atom is -0.386 e. The predicted octanol–water partition coefficient (Wildman–Crippen LogP) is -0.00840. The summed E-state index contributed by atoms with van der Waals surface area (Å²) in [6, 6.07) is -1.09. The third-order valence-electron chi connectivity index (χ3n) is 2.29. The highest BCUT2D eigenvalue weighted by Gasteiger charge is 2.40. The molecule has 1 saturated carbocycles. The van der Waals surface area contributed by atoms with Gasteiger partial charge in [-0.2, -0.15) is 0 Å². The zero-order chi connectivity index (χ0) is 9.14. The van der Waals surface area contributed by atoms with Gasteiger partial charge in [-0.3, -0.25) is 10.1 Å². The van der Waals surface area contributed by atoms with Crippen molar-refractivity contribution in [3.8, 4) is 0 Å². The van der Waals surface area contributed by atoms with Crippen LogP contribution in [0, 0.1) is 16.0 Å². The van der Waals surface area contributed by atoms with E-state index in [0.29, 0.717) is 25.5 Å². The lowest BCUT2D eigenvalue weighted by Crippen LogP contribution is -2.43. The molecule has 3 atom stereocenters. The second kappa shape index (κ2) is 3.62. The molecule has 0 bridgehead atoms. The Labute approximate surface area is 69.5 Å². The number of aldehydes is 1. The molecule has 0 aromatic rings. The second-order valence-corrected chi connectivity index (χ2v) is 3.07. The normalized spacial score (nSPS) is 35.9. The summed E-state index contributed by atoms with van der Waals surface area (Å²) in [6.07, 6.45) is 1.26. The summed E-state index contributed by atoms with van der Waals surface area (Å²) in [5.74, 6) is -0.608. The maximum absolute atomic E-state index is 10.4. The molecule has 5 heteroatoms. The first-order chi connectivity index (χ1) is 5.66. The lowest BCUT2D eigenvalue weighted by atomic mass is 9.84. The van der Waals surface area contributed by atoms with Crippen LogP contribution in [0.1, 0.15) is 19.3 Å². The van der Waals surface area contributed by atoms with Crippen molar-refractivity contribution < 1.29 is 14.8 Å². The van der Waals surface area contributed by atoms with E-state index in [1.165, 1.54) is 0 Å². The van der Waals surface area contributed by atoms with E-state index in [9.17, 15) is 20.0 Å². The van der Waals surface area contributed by atoms with Crippen molar-refractivity contribution in [2.45, 2.75) is 31.4 Å². The summed E-state index contributed by atoms with van der Waals surface area (Å²) in [6.45, 7) is 0. The Balaban J connectivity index is 2.72. The molecule has 0 heterocycles. The smallest absolute Gasteiger partial charge is 0.247 e. The van der Waals surface area contributed by atoms with Crippen LogP contribution in [0.4, 0.5) is 0 Å². The van der Waals surface area contributed by atoms with Gasteiger partial charge in [0.25, 0.3) is 0 Å². The third kappa shape index (κ3) is 1.61. The first-order valence-electron chi connectivity index (χ1n) is 3.93. The molecule has 12 heavy (non-hydrogen) atoms. The fraction of sp³-hybridized carbons (Fsp3) is 0.857. The van der Waals surface area contributed by atoms with Crippen LogP contribution < -0.4 is 0 Å². The molecule has 1 aliphatic rings. The highest BCUT2D eigenvalue weighted by Crippen LogP contribution is 2.25. The fourth-order valence-corrected chi connectivity index (χ4v) is 1.63. The van der Waals surface area contributed by atoms with Gasteiger partial charge in [-0.25, -0.2) is 0 Å². The largest absolute Gasteiger partial charge is 0.386 e. The first kappa shape index (κ1) is 9.12. The number of nitro groups is 1. The van der Waals surface area contributed by atoms with Gasteiger partial charge in [0.15, 0.2) is 0 Å². The van der Waals surface area contributed by atoms with Gasteiger partial charge >= 0.3 is 0 Å². The number of carbonyl (C=O) groups excluding carboxylic acids is 1. The molecule has 0 aromatic carbocycles. The molecule has 1 N–H and O–H groups in total. The standard InChI is InChI=1S/C7H11NO4/c9-4-5-2-1-3-6(10)7(5)8(11)12/h4-7,10H,1-3H2/t5-,6+,7-/m0/s1. The molecule has 1 rings (SSSR count). The third-order valence-corrected chi connectivity index (χ3v) is 2.29. The van der Waals surface area contributed by atoms with E-state index >= 15 is 0 Å². The van der Waals surface area contributed by atoms with E-state index in [4.69, 9.17) is 0 Å². The molecular weight excluding hydrogens is 162 g/mol. The Morgan fingerprint density at radius 2 is 2.17 bits per heavy atom. The summed E-state index contributed by atoms with van der Waals surface area (Å²) in [5, 5.41) is 19.7. The Hall–Kier alpha value is -0.970. The van der Waals surface area contributed by atoms with Crippen molar-refractivity contribution >= 4 is 6.29 Å². The molecule has 0 radical (unpaired) electrons. The maximum atomic E-state index is 10.4. The highest BCUT2D eigenvalue weighted by atomic mass is 16.6. The van der Waals surface area contributed by atoms with Crippen molar-refractivity contribution in [1.82, 2.24) is 0 Å². The summed E-state index contributed by atoms with van der Waals surface area (Å²) < 4.78 is 0. The number of rotatable bonds is 2. The van der Waals surface area contributed by atoms with Crippen LogP contribution in [0.3, 0.4) is 0 Å². The van der Waals surface area contributed by atoms with Gasteiger partial charge in [-0.1, -0.05) is 0 Å². The quantitative estimate of drug-likeness (QED) is 0.362. The monoisotopic (exact) mass is 173 g/mol. The van der Waals surface area contributed by atoms with Crippen molar-refractivity contribution in [3.05, 3.63) is 10.1 Å². The van der Waals surface area contributed by atoms with Crippen LogP contribution >= 0.6 is 0 Å². The number of hydrogen-bond acceptors (Lipinski definition) is 4. The van der Waals surface area contributed by atoms with E-state index in [2.05, 4.69) is 0 Å². The summed E-state index contributed by atoms with van der Waals surface area (Å²) in [7, 11) is 0. The molecule has 0 amide bonds. The Morgan fingerprint density at radius 1 is 1.50 bits per heavy atom. The van der Waals surface area contributed by atoms with Crippen molar-refractivity contribution in [1.29, 1.82) is 0 Å². The van der Waals surface area contributed by atoms with Gasteiger partial charge < -0.3 is 9.90 Å². The summed E-state index contributed by atoms with van der Waals surface area (Å²) >= 11 is 0. The van der Waals surface area contributed by atoms with Gasteiger partial charge in [0.1, 0.15) is 12.4 Å². The van der Waals surface area contributed by atoms with E-state index in [1.54, 1.807) is 0 Å². The van der Waals surface area contributed by atoms with E-state index in [0.717, 1.165) is 0 Å². The molecule has 0 aliphatic heterocycles. The Morgan fingerprint density at radius 3 is 2.58 bits per heavy atom. The predicted molar refractivity (Wildman–Crippen MR) is 40.2 cm³/mol. The highest BCUT2D eigenvalue weighted by molar-refractivity contribution is 5.54. The van der Waals surface area contributed by atoms with Gasteiger partial charge in [0.05, 0.1) is 5.92 Å². The topological polar surface area (TPSA) is 80.4 Å². The lowest BCUT2D eigenvalue weighted by molar-refractivity contribution is -0.543. The number of aliphatic hydroxyl groups excluding tert-OH is 1. The fourth-order valence-electron chi connectivity index (χ4n) is 1.63. The summed E-state index contributed by atoms with van der Waals surface area (Å²) in [5.41, 5.74) is 0. The van der Waals surface area contributed by atoms with Gasteiger partial charge in [-0.05, 0) is 19.3 Å². The molecule has 1 aliphatic carbocycles. The van der Waals surface area contributed by atoms with Crippen LogP contribution in [0.25, 0.3) is 0 Å². The second-order valence-electron chi connectivity index (χ2n) is 3.07. The number of carbonyl (C=O) groups is 1. The van der Waals surface area contributed by atoms with Gasteiger partial charge in [0.2, 0.25) is 6.04 Å². The number of nitrogens with zero attached hydrogens (tertiary/aromatic N) is 1. The van der Waals surface area contributed by atoms with E-state index < -0.39 is 23.0 Å². The van der Waals surface area contributed by atoms with Gasteiger partial charge in [0, 0.05) is 4.92 Å². The average Bonchev–Trinajstić information content (AvgIpc) is 2.03. The SMILES string of the molecule is O=C[C@@H]1CCC[C@@H](O)[C@H]1[N+](=O)[O-]. The van der Waals surface area contributed by atoms with Crippen LogP contribution in [0.15, 0.2) is 0 Å². The van der Waals surface area contributed by atoms with Crippen molar-refractivity contribution in [3.63, 3.8) is 0 Å². The first-order valence-corrected chi connectivity index (χ1v) is 3.93. The Bertz CT molecular complexity index is 194. The zero-order valence-corrected chi connectivity index (χ0v) is 6.55. The minimum absolute atomic E-state index is 0.427. The van der Waals surface area contributed by atoms with Crippen LogP contribution in [0.5, 0.6) is 0 Å². The molecule has 0 saturated heterocycles. The molecular formula is C7H11NO4. The average molecular weight is 173 g/mol. The molecule has 1 fully saturated rings. The molecule has 0 unspecified atom stereocenters. The van der Waals surface area contributed by atoms with E-state index in [-0.39, 0.29) is 0 Å². The van der Waals surface area contributed by atoms with Crippen LogP contribution in [0.2, 0.25) is 0 Å². The van der Waals surface area contributed by atoms with Crippen LogP contribution in [-0.4, -0.2) is 28.5 Å². The van der Waals surface area contributed by atoms with Crippen LogP contribution in [-0.2, 0) is 4.79 Å². The van der Waals surface area contributed by atoms with Crippen molar-refractivity contribution in [2.75, 3.05) is 0 Å². The minimum atomic E-state index is -1.09. The number of aliphatic hydroxyl groups is 1. The van der Waals surface area contributed by atoms with Gasteiger partial charge in [-0.15, -0.1) is 0 Å². The lowest BCUT2D eigenvalue weighted by Gasteiger charge is -2.25. The van der Waals surface area contributed by atoms with Crippen molar-refractivity contribution in [2.24, 2.45) is 5.92 Å². The Kier molecular flexibility index (Phi) is 2.75.